The van der Waals surface area contributed by atoms with Crippen molar-refractivity contribution in [2.75, 3.05) is 19.6 Å². The number of halogens is 1. The fraction of sp³-hybridized carbons (Fsp3) is 0.679. The van der Waals surface area contributed by atoms with Gasteiger partial charge in [0.1, 0.15) is 17.2 Å². The van der Waals surface area contributed by atoms with Crippen LogP contribution in [0, 0.1) is 5.82 Å². The minimum atomic E-state index is -0.557. The third-order valence-electron chi connectivity index (χ3n) is 7.40. The number of carbonyl (C=O) groups excluding carboxylic acids is 2. The molecule has 2 aromatic rings. The van der Waals surface area contributed by atoms with Gasteiger partial charge in [-0.2, -0.15) is 0 Å². The van der Waals surface area contributed by atoms with Crippen LogP contribution in [-0.4, -0.2) is 62.6 Å². The van der Waals surface area contributed by atoms with Crippen LogP contribution in [0.5, 0.6) is 0 Å². The summed E-state index contributed by atoms with van der Waals surface area (Å²) in [7, 11) is 0. The maximum absolute atomic E-state index is 14.0. The second kappa shape index (κ2) is 11.2. The normalized spacial score (nSPS) is 19.5. The smallest absolute Gasteiger partial charge is 0.410 e. The topological polar surface area (TPSA) is 67.7 Å². The van der Waals surface area contributed by atoms with Crippen molar-refractivity contribution in [1.29, 1.82) is 0 Å². The van der Waals surface area contributed by atoms with E-state index in [0.29, 0.717) is 37.6 Å². The first kappa shape index (κ1) is 26.4. The molecule has 1 saturated carbocycles. The van der Waals surface area contributed by atoms with Gasteiger partial charge >= 0.3 is 6.09 Å². The van der Waals surface area contributed by atoms with Gasteiger partial charge in [-0.05, 0) is 65.5 Å². The average molecular weight is 501 g/mol. The van der Waals surface area contributed by atoms with Crippen LogP contribution in [0.3, 0.4) is 0 Å². The van der Waals surface area contributed by atoms with E-state index in [1.165, 1.54) is 31.4 Å². The Morgan fingerprint density at radius 1 is 1.14 bits per heavy atom. The van der Waals surface area contributed by atoms with Crippen molar-refractivity contribution >= 4 is 23.0 Å². The highest BCUT2D eigenvalue weighted by Crippen LogP contribution is 2.31. The summed E-state index contributed by atoms with van der Waals surface area (Å²) < 4.78 is 21.7. The van der Waals surface area contributed by atoms with E-state index in [-0.39, 0.29) is 23.7 Å². The van der Waals surface area contributed by atoms with E-state index in [9.17, 15) is 14.0 Å². The molecule has 2 heterocycles. The van der Waals surface area contributed by atoms with E-state index in [1.54, 1.807) is 11.0 Å². The number of hydrogen-bond donors (Lipinski definition) is 0. The second-order valence-electron chi connectivity index (χ2n) is 11.2. The number of piperidine rings is 1. The second-order valence-corrected chi connectivity index (χ2v) is 11.2. The number of rotatable bonds is 6. The summed E-state index contributed by atoms with van der Waals surface area (Å²) in [6, 6.07) is 4.98. The van der Waals surface area contributed by atoms with Crippen LogP contribution in [0.2, 0.25) is 0 Å². The zero-order valence-electron chi connectivity index (χ0n) is 22.3. The number of likely N-dealkylation sites (tertiary alicyclic amines) is 1. The van der Waals surface area contributed by atoms with Crippen molar-refractivity contribution in [3.63, 3.8) is 0 Å². The molecule has 0 bridgehead atoms. The lowest BCUT2D eigenvalue weighted by Gasteiger charge is -2.34. The lowest BCUT2D eigenvalue weighted by Crippen LogP contribution is -2.43. The number of nitrogens with zero attached hydrogens (tertiary/aromatic N) is 4. The Labute approximate surface area is 214 Å². The highest BCUT2D eigenvalue weighted by Gasteiger charge is 2.32. The molecule has 36 heavy (non-hydrogen) atoms. The minimum absolute atomic E-state index is 0.00236. The van der Waals surface area contributed by atoms with Gasteiger partial charge in [-0.1, -0.05) is 19.3 Å². The van der Waals surface area contributed by atoms with Crippen molar-refractivity contribution < 1.29 is 18.7 Å². The molecule has 4 rings (SSSR count). The maximum atomic E-state index is 14.0. The van der Waals surface area contributed by atoms with E-state index in [1.807, 2.05) is 25.7 Å². The van der Waals surface area contributed by atoms with Gasteiger partial charge in [0.05, 0.1) is 11.0 Å². The molecule has 2 amide bonds. The summed E-state index contributed by atoms with van der Waals surface area (Å²) in [5, 5.41) is 0. The Bertz CT molecular complexity index is 1070. The van der Waals surface area contributed by atoms with Crippen LogP contribution < -0.4 is 0 Å². The summed E-state index contributed by atoms with van der Waals surface area (Å²) in [6.45, 7) is 10.0. The molecule has 1 aromatic heterocycles. The highest BCUT2D eigenvalue weighted by atomic mass is 19.1. The Morgan fingerprint density at radius 2 is 1.89 bits per heavy atom. The summed E-state index contributed by atoms with van der Waals surface area (Å²) in [4.78, 5) is 34.6. The predicted molar refractivity (Wildman–Crippen MR) is 138 cm³/mol. The standard InChI is InChI=1S/C28H41FN4O3/c1-5-32(22-11-7-6-8-12-22)25(34)15-17-33-24-14-13-21(29)18-23(24)30-26(33)20-10-9-16-31(19-20)27(35)36-28(2,3)4/h13-14,18,20,22H,5-12,15-17,19H2,1-4H3. The van der Waals surface area contributed by atoms with E-state index in [2.05, 4.69) is 11.5 Å². The van der Waals surface area contributed by atoms with Gasteiger partial charge in [-0.3, -0.25) is 4.79 Å². The van der Waals surface area contributed by atoms with E-state index in [4.69, 9.17) is 9.72 Å². The van der Waals surface area contributed by atoms with Crippen molar-refractivity contribution in [2.45, 2.75) is 103 Å². The third-order valence-corrected chi connectivity index (χ3v) is 7.40. The van der Waals surface area contributed by atoms with Gasteiger partial charge in [-0.25, -0.2) is 14.2 Å². The number of benzene rings is 1. The third kappa shape index (κ3) is 6.19. The van der Waals surface area contributed by atoms with Crippen molar-refractivity contribution in [2.24, 2.45) is 0 Å². The van der Waals surface area contributed by atoms with Crippen molar-refractivity contribution in [1.82, 2.24) is 19.4 Å². The Kier molecular flexibility index (Phi) is 8.20. The summed E-state index contributed by atoms with van der Waals surface area (Å²) in [5.41, 5.74) is 0.860. The Morgan fingerprint density at radius 3 is 2.58 bits per heavy atom. The number of imidazole rings is 1. The van der Waals surface area contributed by atoms with Crippen molar-refractivity contribution in [3.8, 4) is 0 Å². The molecule has 1 aromatic carbocycles. The summed E-state index contributed by atoms with van der Waals surface area (Å²) >= 11 is 0. The molecule has 1 atom stereocenters. The summed E-state index contributed by atoms with van der Waals surface area (Å²) in [5.74, 6) is 0.649. The van der Waals surface area contributed by atoms with Gasteiger partial charge in [0.2, 0.25) is 5.91 Å². The van der Waals surface area contributed by atoms with Crippen LogP contribution in [0.1, 0.15) is 90.8 Å². The molecule has 1 aliphatic heterocycles. The number of aromatic nitrogens is 2. The molecule has 2 fully saturated rings. The largest absolute Gasteiger partial charge is 0.444 e. The minimum Gasteiger partial charge on any atom is -0.444 e. The molecule has 0 radical (unpaired) electrons. The molecule has 1 unspecified atom stereocenters. The SMILES string of the molecule is CCN(C(=O)CCn1c(C2CCCN(C(=O)OC(C)(C)C)C2)nc2cc(F)ccc21)C1CCCCC1. The number of carbonyl (C=O) groups is 2. The van der Waals surface area contributed by atoms with Crippen LogP contribution >= 0.6 is 0 Å². The first-order valence-electron chi connectivity index (χ1n) is 13.6. The molecular formula is C28H41FN4O3. The molecule has 1 aliphatic carbocycles. The van der Waals surface area contributed by atoms with E-state index in [0.717, 1.165) is 43.6 Å². The van der Waals surface area contributed by atoms with E-state index < -0.39 is 5.60 Å². The van der Waals surface area contributed by atoms with Crippen LogP contribution in [0.15, 0.2) is 18.2 Å². The molecule has 7 nitrogen and oxygen atoms in total. The van der Waals surface area contributed by atoms with Crippen LogP contribution in [0.4, 0.5) is 9.18 Å². The lowest BCUT2D eigenvalue weighted by atomic mass is 9.94. The monoisotopic (exact) mass is 500 g/mol. The number of aryl methyl sites for hydroxylation is 1. The zero-order chi connectivity index (χ0) is 25.9. The van der Waals surface area contributed by atoms with Crippen LogP contribution in [0.25, 0.3) is 11.0 Å². The highest BCUT2D eigenvalue weighted by molar-refractivity contribution is 5.78. The Balaban J connectivity index is 1.55. The molecular weight excluding hydrogens is 459 g/mol. The van der Waals surface area contributed by atoms with Gasteiger partial charge in [0.25, 0.3) is 0 Å². The fourth-order valence-corrected chi connectivity index (χ4v) is 5.73. The molecule has 2 aliphatic rings. The van der Waals surface area contributed by atoms with Gasteiger partial charge in [0.15, 0.2) is 0 Å². The quantitative estimate of drug-likeness (QED) is 0.498. The zero-order valence-corrected chi connectivity index (χ0v) is 22.3. The first-order valence-corrected chi connectivity index (χ1v) is 13.6. The molecule has 198 valence electrons. The number of fused-ring (bicyclic) bond motifs is 1. The first-order chi connectivity index (χ1) is 17.2. The molecule has 0 N–H and O–H groups in total. The fourth-order valence-electron chi connectivity index (χ4n) is 5.73. The lowest BCUT2D eigenvalue weighted by molar-refractivity contribution is -0.134. The molecule has 0 spiro atoms. The summed E-state index contributed by atoms with van der Waals surface area (Å²) in [6.07, 6.45) is 7.57. The van der Waals surface area contributed by atoms with Crippen molar-refractivity contribution in [3.05, 3.63) is 29.8 Å². The predicted octanol–water partition coefficient (Wildman–Crippen LogP) is 5.86. The molecule has 8 heteroatoms. The Hall–Kier alpha value is -2.64. The number of amides is 2. The van der Waals surface area contributed by atoms with Gasteiger partial charge in [0, 0.05) is 50.6 Å². The van der Waals surface area contributed by atoms with E-state index >= 15 is 0 Å². The van der Waals surface area contributed by atoms with Gasteiger partial charge < -0.3 is 19.1 Å². The average Bonchev–Trinajstić information content (AvgIpc) is 3.20. The molecule has 1 saturated heterocycles. The number of ether oxygens (including phenoxy) is 1. The van der Waals surface area contributed by atoms with Gasteiger partial charge in [-0.15, -0.1) is 0 Å². The van der Waals surface area contributed by atoms with Crippen LogP contribution in [-0.2, 0) is 16.1 Å². The number of hydrogen-bond acceptors (Lipinski definition) is 4. The maximum Gasteiger partial charge on any atom is 0.410 e.